The monoisotopic (exact) mass is 310 g/mol. The largest absolute Gasteiger partial charge is 0.494 e. The Hall–Kier alpha value is -1.84. The lowest BCUT2D eigenvalue weighted by molar-refractivity contribution is 0.193. The minimum Gasteiger partial charge on any atom is -0.494 e. The normalized spacial score (nSPS) is 17.0. The van der Waals surface area contributed by atoms with Crippen LogP contribution in [-0.2, 0) is 0 Å². The predicted octanol–water partition coefficient (Wildman–Crippen LogP) is 3.39. The highest BCUT2D eigenvalue weighted by Gasteiger charge is 2.27. The van der Waals surface area contributed by atoms with E-state index in [-0.39, 0.29) is 6.04 Å². The summed E-state index contributed by atoms with van der Waals surface area (Å²) in [6, 6.07) is 17.4. The number of rotatable bonds is 5. The molecule has 1 aliphatic heterocycles. The molecule has 0 radical (unpaired) electrons. The number of benzene rings is 2. The van der Waals surface area contributed by atoms with Crippen molar-refractivity contribution in [2.45, 2.75) is 19.9 Å². The topological polar surface area (TPSA) is 24.5 Å². The first kappa shape index (κ1) is 16.0. The van der Waals surface area contributed by atoms with Gasteiger partial charge in [-0.3, -0.25) is 4.90 Å². The summed E-state index contributed by atoms with van der Waals surface area (Å²) in [4.78, 5) is 2.57. The first-order chi connectivity index (χ1) is 11.3. The molecule has 23 heavy (non-hydrogen) atoms. The van der Waals surface area contributed by atoms with E-state index in [9.17, 15) is 0 Å². The Labute approximate surface area is 139 Å². The third kappa shape index (κ3) is 3.57. The third-order valence-corrected chi connectivity index (χ3v) is 4.51. The van der Waals surface area contributed by atoms with Gasteiger partial charge in [-0.15, -0.1) is 0 Å². The van der Waals surface area contributed by atoms with E-state index < -0.39 is 0 Å². The molecule has 0 amide bonds. The molecule has 0 aliphatic carbocycles. The SMILES string of the molecule is CCOc1ccccc1C(c1ccccc1C)N1CCNCC1. The minimum absolute atomic E-state index is 0.251. The van der Waals surface area contributed by atoms with Gasteiger partial charge in [-0.2, -0.15) is 0 Å². The van der Waals surface area contributed by atoms with Crippen LogP contribution in [-0.4, -0.2) is 37.7 Å². The lowest BCUT2D eigenvalue weighted by atomic mass is 9.92. The maximum absolute atomic E-state index is 5.93. The highest BCUT2D eigenvalue weighted by Crippen LogP contribution is 2.36. The number of nitrogens with zero attached hydrogens (tertiary/aromatic N) is 1. The van der Waals surface area contributed by atoms with Gasteiger partial charge in [0, 0.05) is 31.7 Å². The first-order valence-electron chi connectivity index (χ1n) is 8.53. The quantitative estimate of drug-likeness (QED) is 0.916. The number of para-hydroxylation sites is 1. The van der Waals surface area contributed by atoms with Crippen LogP contribution in [0.5, 0.6) is 5.75 Å². The second kappa shape index (κ2) is 7.62. The maximum Gasteiger partial charge on any atom is 0.124 e. The van der Waals surface area contributed by atoms with Crippen LogP contribution in [0.15, 0.2) is 48.5 Å². The molecule has 122 valence electrons. The fraction of sp³-hybridized carbons (Fsp3) is 0.400. The zero-order chi connectivity index (χ0) is 16.1. The molecule has 1 unspecified atom stereocenters. The zero-order valence-electron chi connectivity index (χ0n) is 14.1. The molecule has 3 heteroatoms. The van der Waals surface area contributed by atoms with E-state index >= 15 is 0 Å². The van der Waals surface area contributed by atoms with Crippen molar-refractivity contribution in [3.63, 3.8) is 0 Å². The average Bonchev–Trinajstić information content (AvgIpc) is 2.59. The van der Waals surface area contributed by atoms with Crippen molar-refractivity contribution >= 4 is 0 Å². The maximum atomic E-state index is 5.93. The molecule has 3 nitrogen and oxygen atoms in total. The number of aryl methyl sites for hydroxylation is 1. The average molecular weight is 310 g/mol. The van der Waals surface area contributed by atoms with Crippen molar-refractivity contribution in [2.24, 2.45) is 0 Å². The van der Waals surface area contributed by atoms with Crippen LogP contribution in [0.25, 0.3) is 0 Å². The molecule has 3 rings (SSSR count). The summed E-state index contributed by atoms with van der Waals surface area (Å²) >= 11 is 0. The Morgan fingerprint density at radius 1 is 1.00 bits per heavy atom. The Bertz CT molecular complexity index is 635. The van der Waals surface area contributed by atoms with Gasteiger partial charge >= 0.3 is 0 Å². The van der Waals surface area contributed by atoms with Gasteiger partial charge in [-0.05, 0) is 31.0 Å². The van der Waals surface area contributed by atoms with E-state index in [2.05, 4.69) is 65.7 Å². The van der Waals surface area contributed by atoms with E-state index in [0.29, 0.717) is 6.61 Å². The molecule has 1 aliphatic rings. The van der Waals surface area contributed by atoms with Gasteiger partial charge in [0.05, 0.1) is 12.6 Å². The highest BCUT2D eigenvalue weighted by atomic mass is 16.5. The van der Waals surface area contributed by atoms with Crippen molar-refractivity contribution < 1.29 is 4.74 Å². The molecule has 1 saturated heterocycles. The van der Waals surface area contributed by atoms with Crippen LogP contribution >= 0.6 is 0 Å². The number of ether oxygens (including phenoxy) is 1. The fourth-order valence-electron chi connectivity index (χ4n) is 3.39. The molecule has 1 N–H and O–H groups in total. The Balaban J connectivity index is 2.06. The molecule has 1 fully saturated rings. The molecule has 1 heterocycles. The summed E-state index contributed by atoms with van der Waals surface area (Å²) < 4.78 is 5.93. The molecular weight excluding hydrogens is 284 g/mol. The lowest BCUT2D eigenvalue weighted by Gasteiger charge is -2.36. The van der Waals surface area contributed by atoms with Crippen molar-refractivity contribution in [3.8, 4) is 5.75 Å². The summed E-state index contributed by atoms with van der Waals surface area (Å²) in [5.74, 6) is 1.00. The van der Waals surface area contributed by atoms with Crippen LogP contribution in [0.1, 0.15) is 29.7 Å². The molecule has 2 aromatic rings. The minimum atomic E-state index is 0.251. The van der Waals surface area contributed by atoms with E-state index in [0.717, 1.165) is 31.9 Å². The summed E-state index contributed by atoms with van der Waals surface area (Å²) in [5, 5.41) is 3.45. The van der Waals surface area contributed by atoms with Gasteiger partial charge in [-0.1, -0.05) is 42.5 Å². The number of hydrogen-bond acceptors (Lipinski definition) is 3. The van der Waals surface area contributed by atoms with Crippen molar-refractivity contribution in [2.75, 3.05) is 32.8 Å². The van der Waals surface area contributed by atoms with Crippen molar-refractivity contribution in [3.05, 3.63) is 65.2 Å². The second-order valence-electron chi connectivity index (χ2n) is 6.02. The lowest BCUT2D eigenvalue weighted by Crippen LogP contribution is -2.45. The second-order valence-corrected chi connectivity index (χ2v) is 6.02. The van der Waals surface area contributed by atoms with Crippen molar-refractivity contribution in [1.82, 2.24) is 10.2 Å². The van der Waals surface area contributed by atoms with Gasteiger partial charge in [0.2, 0.25) is 0 Å². The van der Waals surface area contributed by atoms with E-state index in [1.54, 1.807) is 0 Å². The fourth-order valence-corrected chi connectivity index (χ4v) is 3.39. The van der Waals surface area contributed by atoms with E-state index in [1.807, 2.05) is 6.92 Å². The first-order valence-corrected chi connectivity index (χ1v) is 8.53. The third-order valence-electron chi connectivity index (χ3n) is 4.51. The van der Waals surface area contributed by atoms with Gasteiger partial charge in [0.25, 0.3) is 0 Å². The van der Waals surface area contributed by atoms with Crippen LogP contribution in [0.4, 0.5) is 0 Å². The number of nitrogens with one attached hydrogen (secondary N) is 1. The highest BCUT2D eigenvalue weighted by molar-refractivity contribution is 5.44. The molecule has 0 bridgehead atoms. The molecule has 0 aromatic heterocycles. The summed E-state index contributed by atoms with van der Waals surface area (Å²) in [5.41, 5.74) is 3.98. The van der Waals surface area contributed by atoms with Gasteiger partial charge in [-0.25, -0.2) is 0 Å². The molecule has 2 aromatic carbocycles. The summed E-state index contributed by atoms with van der Waals surface area (Å²) in [7, 11) is 0. The van der Waals surface area contributed by atoms with E-state index in [1.165, 1.54) is 16.7 Å². The van der Waals surface area contributed by atoms with Gasteiger partial charge in [0.1, 0.15) is 5.75 Å². The Morgan fingerprint density at radius 2 is 1.65 bits per heavy atom. The number of piperazine rings is 1. The number of hydrogen-bond donors (Lipinski definition) is 1. The molecule has 0 saturated carbocycles. The Morgan fingerprint density at radius 3 is 2.35 bits per heavy atom. The standard InChI is InChI=1S/C20H26N2O/c1-3-23-19-11-7-6-10-18(19)20(22-14-12-21-13-15-22)17-9-5-4-8-16(17)2/h4-11,20-21H,3,12-15H2,1-2H3. The molecular formula is C20H26N2O. The molecule has 0 spiro atoms. The summed E-state index contributed by atoms with van der Waals surface area (Å²) in [6.45, 7) is 9.13. The smallest absolute Gasteiger partial charge is 0.124 e. The Kier molecular flexibility index (Phi) is 5.31. The van der Waals surface area contributed by atoms with Gasteiger partial charge in [0.15, 0.2) is 0 Å². The van der Waals surface area contributed by atoms with Crippen molar-refractivity contribution in [1.29, 1.82) is 0 Å². The van der Waals surface area contributed by atoms with E-state index in [4.69, 9.17) is 4.74 Å². The summed E-state index contributed by atoms with van der Waals surface area (Å²) in [6.07, 6.45) is 0. The van der Waals surface area contributed by atoms with Crippen LogP contribution < -0.4 is 10.1 Å². The van der Waals surface area contributed by atoms with Crippen LogP contribution in [0, 0.1) is 6.92 Å². The molecule has 1 atom stereocenters. The van der Waals surface area contributed by atoms with Gasteiger partial charge < -0.3 is 10.1 Å². The van der Waals surface area contributed by atoms with Crippen LogP contribution in [0.2, 0.25) is 0 Å². The zero-order valence-corrected chi connectivity index (χ0v) is 14.1. The predicted molar refractivity (Wildman–Crippen MR) is 95.1 cm³/mol. The van der Waals surface area contributed by atoms with Crippen LogP contribution in [0.3, 0.4) is 0 Å².